The molecule has 3 heterocycles. The van der Waals surface area contributed by atoms with Crippen molar-refractivity contribution in [2.75, 3.05) is 19.6 Å². The third-order valence-corrected chi connectivity index (χ3v) is 6.60. The number of carbonyl (C=O) groups is 1. The Kier molecular flexibility index (Phi) is 5.83. The van der Waals surface area contributed by atoms with Crippen molar-refractivity contribution < 1.29 is 4.79 Å². The van der Waals surface area contributed by atoms with Gasteiger partial charge < -0.3 is 9.47 Å². The first kappa shape index (κ1) is 19.9. The molecular weight excluding hydrogens is 364 g/mol. The predicted octanol–water partition coefficient (Wildman–Crippen LogP) is 1.88. The number of hydrogen-bond acceptors (Lipinski definition) is 4. The van der Waals surface area contributed by atoms with E-state index in [1.165, 1.54) is 5.56 Å². The van der Waals surface area contributed by atoms with Gasteiger partial charge in [-0.05, 0) is 55.7 Å². The van der Waals surface area contributed by atoms with Crippen LogP contribution in [-0.4, -0.2) is 41.1 Å². The van der Waals surface area contributed by atoms with Crippen molar-refractivity contribution in [3.8, 4) is 0 Å². The summed E-state index contributed by atoms with van der Waals surface area (Å²) in [5.74, 6) is 0.944. The van der Waals surface area contributed by atoms with Crippen molar-refractivity contribution in [3.05, 3.63) is 69.6 Å². The minimum Gasteiger partial charge on any atom is -0.338 e. The third kappa shape index (κ3) is 4.14. The number of benzene rings is 1. The fraction of sp³-hybridized carbons (Fsp3) is 0.478. The van der Waals surface area contributed by atoms with Crippen LogP contribution < -0.4 is 16.4 Å². The Morgan fingerprint density at radius 2 is 1.83 bits per heavy atom. The summed E-state index contributed by atoms with van der Waals surface area (Å²) in [4.78, 5) is 27.2. The summed E-state index contributed by atoms with van der Waals surface area (Å²) in [6.07, 6.45) is 2.98. The number of piperidine rings is 1. The molecule has 2 aliphatic rings. The van der Waals surface area contributed by atoms with Gasteiger partial charge in [-0.2, -0.15) is 0 Å². The summed E-state index contributed by atoms with van der Waals surface area (Å²) in [7, 11) is 1.71. The van der Waals surface area contributed by atoms with Gasteiger partial charge in [0.15, 0.2) is 0 Å². The second-order valence-electron chi connectivity index (χ2n) is 8.38. The first-order chi connectivity index (χ1) is 14.0. The number of aryl methyl sites for hydroxylation is 1. The molecule has 0 aliphatic carbocycles. The normalized spacial score (nSPS) is 22.8. The van der Waals surface area contributed by atoms with Crippen LogP contribution in [0.4, 0.5) is 0 Å². The van der Waals surface area contributed by atoms with Crippen molar-refractivity contribution in [2.45, 2.75) is 32.2 Å². The molecule has 2 atom stereocenters. The van der Waals surface area contributed by atoms with Crippen molar-refractivity contribution in [1.29, 1.82) is 0 Å². The number of rotatable bonds is 4. The lowest BCUT2D eigenvalue weighted by Gasteiger charge is -2.36. The molecule has 6 nitrogen and oxygen atoms in total. The molecule has 2 aromatic rings. The molecule has 6 heteroatoms. The minimum absolute atomic E-state index is 0.137. The molecular formula is C23H30N4O2. The quantitative estimate of drug-likeness (QED) is 0.831. The maximum absolute atomic E-state index is 12.9. The van der Waals surface area contributed by atoms with Crippen molar-refractivity contribution in [1.82, 2.24) is 20.3 Å². The zero-order valence-corrected chi connectivity index (χ0v) is 17.2. The highest BCUT2D eigenvalue weighted by atomic mass is 16.2. The van der Waals surface area contributed by atoms with Crippen LogP contribution in [-0.2, 0) is 13.5 Å². The van der Waals surface area contributed by atoms with Crippen LogP contribution >= 0.6 is 0 Å². The first-order valence-corrected chi connectivity index (χ1v) is 10.5. The maximum atomic E-state index is 12.9. The van der Waals surface area contributed by atoms with Gasteiger partial charge in [-0.1, -0.05) is 30.3 Å². The highest BCUT2D eigenvalue weighted by Crippen LogP contribution is 2.29. The van der Waals surface area contributed by atoms with Gasteiger partial charge in [0.25, 0.3) is 11.5 Å². The molecule has 1 amide bonds. The number of hydrogen-bond donors (Lipinski definition) is 2. The van der Waals surface area contributed by atoms with E-state index < -0.39 is 0 Å². The molecule has 0 spiro atoms. The van der Waals surface area contributed by atoms with E-state index in [1.54, 1.807) is 17.7 Å². The number of pyridine rings is 1. The van der Waals surface area contributed by atoms with E-state index in [4.69, 9.17) is 0 Å². The summed E-state index contributed by atoms with van der Waals surface area (Å²) in [6.45, 7) is 4.25. The smallest absolute Gasteiger partial charge is 0.263 e. The van der Waals surface area contributed by atoms with Gasteiger partial charge in [-0.15, -0.1) is 0 Å². The standard InChI is InChI=1S/C23H30N4O2/c1-16-8-9-20(22(28)26(16)2)23(29)27-12-10-18(11-13-27)21-19(15-24-25-21)14-17-6-4-3-5-7-17/h3-9,18-19,21,24-25H,10-15H2,1-2H3. The molecule has 2 unspecified atom stereocenters. The molecule has 0 radical (unpaired) electrons. The van der Waals surface area contributed by atoms with E-state index in [-0.39, 0.29) is 17.0 Å². The molecule has 2 fully saturated rings. The van der Waals surface area contributed by atoms with Gasteiger partial charge in [0.05, 0.1) is 0 Å². The predicted molar refractivity (Wildman–Crippen MR) is 114 cm³/mol. The van der Waals surface area contributed by atoms with Crippen LogP contribution in [0.1, 0.15) is 34.5 Å². The number of nitrogens with one attached hydrogen (secondary N) is 2. The van der Waals surface area contributed by atoms with Gasteiger partial charge in [0.1, 0.15) is 5.56 Å². The Morgan fingerprint density at radius 3 is 2.55 bits per heavy atom. The summed E-state index contributed by atoms with van der Waals surface area (Å²) in [6, 6.07) is 14.6. The SMILES string of the molecule is Cc1ccc(C(=O)N2CCC(C3NNCC3Cc3ccccc3)CC2)c(=O)n1C. The fourth-order valence-electron chi connectivity index (χ4n) is 4.69. The lowest BCUT2D eigenvalue weighted by atomic mass is 9.81. The van der Waals surface area contributed by atoms with E-state index in [0.717, 1.165) is 31.5 Å². The lowest BCUT2D eigenvalue weighted by Crippen LogP contribution is -2.47. The number of likely N-dealkylation sites (tertiary alicyclic amines) is 1. The zero-order chi connectivity index (χ0) is 20.4. The molecule has 2 N–H and O–H groups in total. The highest BCUT2D eigenvalue weighted by molar-refractivity contribution is 5.93. The average molecular weight is 395 g/mol. The van der Waals surface area contributed by atoms with Gasteiger partial charge >= 0.3 is 0 Å². The van der Waals surface area contributed by atoms with Gasteiger partial charge in [-0.25, -0.2) is 0 Å². The summed E-state index contributed by atoms with van der Waals surface area (Å²) >= 11 is 0. The number of carbonyl (C=O) groups excluding carboxylic acids is 1. The van der Waals surface area contributed by atoms with Gasteiger partial charge in [0, 0.05) is 38.4 Å². The van der Waals surface area contributed by atoms with E-state index >= 15 is 0 Å². The zero-order valence-electron chi connectivity index (χ0n) is 17.2. The number of nitrogens with zero attached hydrogens (tertiary/aromatic N) is 2. The van der Waals surface area contributed by atoms with Gasteiger partial charge in [-0.3, -0.25) is 20.4 Å². The molecule has 0 saturated carbocycles. The van der Waals surface area contributed by atoms with E-state index in [0.29, 0.717) is 31.0 Å². The summed E-state index contributed by atoms with van der Waals surface area (Å²) < 4.78 is 1.54. The van der Waals surface area contributed by atoms with Crippen LogP contribution in [0.15, 0.2) is 47.3 Å². The Hall–Kier alpha value is -2.44. The molecule has 29 heavy (non-hydrogen) atoms. The fourth-order valence-corrected chi connectivity index (χ4v) is 4.69. The number of amides is 1. The topological polar surface area (TPSA) is 66.4 Å². The first-order valence-electron chi connectivity index (χ1n) is 10.5. The largest absolute Gasteiger partial charge is 0.338 e. The Labute approximate surface area is 171 Å². The molecule has 1 aromatic heterocycles. The average Bonchev–Trinajstić information content (AvgIpc) is 3.20. The van der Waals surface area contributed by atoms with E-state index in [2.05, 4.69) is 41.2 Å². The minimum atomic E-state index is -0.207. The summed E-state index contributed by atoms with van der Waals surface area (Å²) in [5.41, 5.74) is 9.13. The molecule has 0 bridgehead atoms. The molecule has 2 aliphatic heterocycles. The van der Waals surface area contributed by atoms with Crippen molar-refractivity contribution in [2.24, 2.45) is 18.9 Å². The van der Waals surface area contributed by atoms with Crippen LogP contribution in [0.5, 0.6) is 0 Å². The molecule has 4 rings (SSSR count). The Morgan fingerprint density at radius 1 is 1.10 bits per heavy atom. The monoisotopic (exact) mass is 394 g/mol. The Bertz CT molecular complexity index is 916. The third-order valence-electron chi connectivity index (χ3n) is 6.60. The Balaban J connectivity index is 1.38. The summed E-state index contributed by atoms with van der Waals surface area (Å²) in [5, 5.41) is 0. The molecule has 2 saturated heterocycles. The second kappa shape index (κ2) is 8.51. The van der Waals surface area contributed by atoms with Crippen LogP contribution in [0.2, 0.25) is 0 Å². The highest BCUT2D eigenvalue weighted by Gasteiger charge is 2.36. The molecule has 154 valence electrons. The van der Waals surface area contributed by atoms with Crippen LogP contribution in [0, 0.1) is 18.8 Å². The number of aromatic nitrogens is 1. The van der Waals surface area contributed by atoms with Crippen molar-refractivity contribution >= 4 is 5.91 Å². The van der Waals surface area contributed by atoms with Crippen LogP contribution in [0.25, 0.3) is 0 Å². The maximum Gasteiger partial charge on any atom is 0.263 e. The van der Waals surface area contributed by atoms with E-state index in [1.807, 2.05) is 17.9 Å². The van der Waals surface area contributed by atoms with Gasteiger partial charge in [0.2, 0.25) is 0 Å². The lowest BCUT2D eigenvalue weighted by molar-refractivity contribution is 0.0661. The van der Waals surface area contributed by atoms with Crippen LogP contribution in [0.3, 0.4) is 0 Å². The molecule has 1 aromatic carbocycles. The van der Waals surface area contributed by atoms with Crippen molar-refractivity contribution in [3.63, 3.8) is 0 Å². The van der Waals surface area contributed by atoms with E-state index in [9.17, 15) is 9.59 Å². The number of hydrazine groups is 1. The second-order valence-corrected chi connectivity index (χ2v) is 8.38.